The van der Waals surface area contributed by atoms with Gasteiger partial charge in [-0.15, -0.1) is 0 Å². The topological polar surface area (TPSA) is 30.5 Å². The lowest BCUT2D eigenvalue weighted by atomic mass is 10.1. The maximum absolute atomic E-state index is 5.78. The molecule has 3 nitrogen and oxygen atoms in total. The molecular formula is C13H19NO2. The smallest absolute Gasteiger partial charge is 0.161 e. The van der Waals surface area contributed by atoms with Crippen molar-refractivity contribution in [2.75, 3.05) is 20.3 Å². The first-order valence-corrected chi connectivity index (χ1v) is 5.89. The van der Waals surface area contributed by atoms with E-state index in [4.69, 9.17) is 9.47 Å². The van der Waals surface area contributed by atoms with E-state index in [9.17, 15) is 0 Å². The molecule has 1 saturated heterocycles. The van der Waals surface area contributed by atoms with Crippen LogP contribution in [0.5, 0.6) is 11.5 Å². The van der Waals surface area contributed by atoms with Crippen LogP contribution >= 0.6 is 0 Å². The summed E-state index contributed by atoms with van der Waals surface area (Å²) in [4.78, 5) is 0. The Morgan fingerprint density at radius 2 is 2.06 bits per heavy atom. The van der Waals surface area contributed by atoms with Crippen molar-refractivity contribution in [3.63, 3.8) is 0 Å². The fraction of sp³-hybridized carbons (Fsp3) is 0.538. The van der Waals surface area contributed by atoms with Gasteiger partial charge in [-0.25, -0.2) is 0 Å². The van der Waals surface area contributed by atoms with Gasteiger partial charge in [-0.2, -0.15) is 0 Å². The van der Waals surface area contributed by atoms with Gasteiger partial charge in [0.2, 0.25) is 0 Å². The van der Waals surface area contributed by atoms with E-state index < -0.39 is 0 Å². The number of methoxy groups -OCH3 is 1. The molecule has 0 saturated carbocycles. The Balaban J connectivity index is 1.88. The minimum atomic E-state index is 0.485. The second-order valence-corrected chi connectivity index (χ2v) is 4.11. The molecule has 0 aromatic heterocycles. The van der Waals surface area contributed by atoms with E-state index in [2.05, 4.69) is 5.32 Å². The summed E-state index contributed by atoms with van der Waals surface area (Å²) in [7, 11) is 1.67. The Hall–Kier alpha value is -1.22. The van der Waals surface area contributed by atoms with Crippen LogP contribution in [0, 0.1) is 0 Å². The molecule has 1 N–H and O–H groups in total. The molecule has 0 amide bonds. The molecule has 1 aromatic carbocycles. The van der Waals surface area contributed by atoms with E-state index in [0.29, 0.717) is 6.04 Å². The molecular weight excluding hydrogens is 202 g/mol. The molecule has 2 rings (SSSR count). The summed E-state index contributed by atoms with van der Waals surface area (Å²) >= 11 is 0. The van der Waals surface area contributed by atoms with Gasteiger partial charge in [-0.1, -0.05) is 18.6 Å². The zero-order chi connectivity index (χ0) is 11.2. The third-order valence-electron chi connectivity index (χ3n) is 2.92. The highest BCUT2D eigenvalue weighted by atomic mass is 16.5. The highest BCUT2D eigenvalue weighted by Gasteiger charge is 2.13. The van der Waals surface area contributed by atoms with Crippen LogP contribution in [0.1, 0.15) is 19.3 Å². The summed E-state index contributed by atoms with van der Waals surface area (Å²) in [6.45, 7) is 1.83. The fourth-order valence-electron chi connectivity index (χ4n) is 1.99. The van der Waals surface area contributed by atoms with Gasteiger partial charge in [0, 0.05) is 6.04 Å². The SMILES string of the molecule is COc1ccccc1OCC1CCCCN1. The minimum absolute atomic E-state index is 0.485. The number of benzene rings is 1. The summed E-state index contributed by atoms with van der Waals surface area (Å²) < 4.78 is 11.0. The van der Waals surface area contributed by atoms with Crippen molar-refractivity contribution < 1.29 is 9.47 Å². The highest BCUT2D eigenvalue weighted by molar-refractivity contribution is 5.39. The number of para-hydroxylation sites is 2. The fourth-order valence-corrected chi connectivity index (χ4v) is 1.99. The van der Waals surface area contributed by atoms with Crippen molar-refractivity contribution in [2.45, 2.75) is 25.3 Å². The van der Waals surface area contributed by atoms with E-state index >= 15 is 0 Å². The quantitative estimate of drug-likeness (QED) is 0.845. The van der Waals surface area contributed by atoms with Gasteiger partial charge in [0.05, 0.1) is 7.11 Å². The number of piperidine rings is 1. The van der Waals surface area contributed by atoms with Gasteiger partial charge in [0.25, 0.3) is 0 Å². The first-order valence-electron chi connectivity index (χ1n) is 5.89. The van der Waals surface area contributed by atoms with Crippen LogP contribution < -0.4 is 14.8 Å². The first-order chi connectivity index (χ1) is 7.90. The number of hydrogen-bond acceptors (Lipinski definition) is 3. The van der Waals surface area contributed by atoms with E-state index in [1.807, 2.05) is 24.3 Å². The largest absolute Gasteiger partial charge is 0.493 e. The zero-order valence-electron chi connectivity index (χ0n) is 9.74. The molecule has 3 heteroatoms. The van der Waals surface area contributed by atoms with E-state index in [1.54, 1.807) is 7.11 Å². The molecule has 1 aromatic rings. The first kappa shape index (κ1) is 11.3. The lowest BCUT2D eigenvalue weighted by molar-refractivity contribution is 0.230. The molecule has 1 aliphatic heterocycles. The predicted molar refractivity (Wildman–Crippen MR) is 64.1 cm³/mol. The molecule has 16 heavy (non-hydrogen) atoms. The highest BCUT2D eigenvalue weighted by Crippen LogP contribution is 2.26. The maximum Gasteiger partial charge on any atom is 0.161 e. The molecule has 1 atom stereocenters. The normalized spacial score (nSPS) is 20.4. The minimum Gasteiger partial charge on any atom is -0.493 e. The van der Waals surface area contributed by atoms with Crippen molar-refractivity contribution in [2.24, 2.45) is 0 Å². The Morgan fingerprint density at radius 3 is 2.75 bits per heavy atom. The molecule has 88 valence electrons. The number of hydrogen-bond donors (Lipinski definition) is 1. The zero-order valence-corrected chi connectivity index (χ0v) is 9.74. The van der Waals surface area contributed by atoms with Crippen molar-refractivity contribution in [3.8, 4) is 11.5 Å². The maximum atomic E-state index is 5.78. The number of rotatable bonds is 4. The molecule has 0 aliphatic carbocycles. The van der Waals surface area contributed by atoms with Crippen molar-refractivity contribution >= 4 is 0 Å². The number of nitrogens with one attached hydrogen (secondary N) is 1. The van der Waals surface area contributed by atoms with Crippen LogP contribution in [0.4, 0.5) is 0 Å². The van der Waals surface area contributed by atoms with Gasteiger partial charge in [-0.3, -0.25) is 0 Å². The van der Waals surface area contributed by atoms with Gasteiger partial charge < -0.3 is 14.8 Å². The third kappa shape index (κ3) is 2.89. The molecule has 0 spiro atoms. The van der Waals surface area contributed by atoms with Gasteiger partial charge in [0.15, 0.2) is 11.5 Å². The molecule has 0 bridgehead atoms. The second-order valence-electron chi connectivity index (χ2n) is 4.11. The summed E-state index contributed by atoms with van der Waals surface area (Å²) in [5.41, 5.74) is 0. The Morgan fingerprint density at radius 1 is 1.25 bits per heavy atom. The van der Waals surface area contributed by atoms with Gasteiger partial charge in [-0.05, 0) is 31.5 Å². The lowest BCUT2D eigenvalue weighted by Gasteiger charge is -2.23. The summed E-state index contributed by atoms with van der Waals surface area (Å²) in [5.74, 6) is 1.63. The molecule has 1 heterocycles. The van der Waals surface area contributed by atoms with Gasteiger partial charge >= 0.3 is 0 Å². The van der Waals surface area contributed by atoms with E-state index in [1.165, 1.54) is 19.3 Å². The average molecular weight is 221 g/mol. The van der Waals surface area contributed by atoms with Crippen LogP contribution in [-0.4, -0.2) is 26.3 Å². The third-order valence-corrected chi connectivity index (χ3v) is 2.92. The van der Waals surface area contributed by atoms with Gasteiger partial charge in [0.1, 0.15) is 6.61 Å². The van der Waals surface area contributed by atoms with E-state index in [0.717, 1.165) is 24.7 Å². The summed E-state index contributed by atoms with van der Waals surface area (Å²) in [6.07, 6.45) is 3.78. The molecule has 1 unspecified atom stereocenters. The predicted octanol–water partition coefficient (Wildman–Crippen LogP) is 2.22. The summed E-state index contributed by atoms with van der Waals surface area (Å²) in [6, 6.07) is 8.26. The van der Waals surface area contributed by atoms with Crippen LogP contribution in [0.15, 0.2) is 24.3 Å². The molecule has 1 fully saturated rings. The monoisotopic (exact) mass is 221 g/mol. The van der Waals surface area contributed by atoms with Crippen LogP contribution in [0.2, 0.25) is 0 Å². The van der Waals surface area contributed by atoms with Crippen LogP contribution in [-0.2, 0) is 0 Å². The Bertz CT molecular complexity index is 321. The van der Waals surface area contributed by atoms with Crippen molar-refractivity contribution in [1.29, 1.82) is 0 Å². The van der Waals surface area contributed by atoms with E-state index in [-0.39, 0.29) is 0 Å². The molecule has 0 radical (unpaired) electrons. The number of ether oxygens (including phenoxy) is 2. The average Bonchev–Trinajstić information content (AvgIpc) is 2.38. The Labute approximate surface area is 96.8 Å². The Kier molecular flexibility index (Phi) is 4.05. The van der Waals surface area contributed by atoms with Crippen LogP contribution in [0.3, 0.4) is 0 Å². The second kappa shape index (κ2) is 5.75. The standard InChI is InChI=1S/C13H19NO2/c1-15-12-7-2-3-8-13(12)16-10-11-6-4-5-9-14-11/h2-3,7-8,11,14H,4-6,9-10H2,1H3. The van der Waals surface area contributed by atoms with Crippen LogP contribution in [0.25, 0.3) is 0 Å². The van der Waals surface area contributed by atoms with Crippen molar-refractivity contribution in [1.82, 2.24) is 5.32 Å². The lowest BCUT2D eigenvalue weighted by Crippen LogP contribution is -2.38. The van der Waals surface area contributed by atoms with Crippen molar-refractivity contribution in [3.05, 3.63) is 24.3 Å². The summed E-state index contributed by atoms with van der Waals surface area (Å²) in [5, 5.41) is 3.46. The molecule has 1 aliphatic rings.